The fourth-order valence-electron chi connectivity index (χ4n) is 1.59. The Labute approximate surface area is 109 Å². The molecular weight excluding hydrogens is 252 g/mol. The Morgan fingerprint density at radius 3 is 3.11 bits per heavy atom. The van der Waals surface area contributed by atoms with E-state index in [0.717, 1.165) is 17.2 Å². The van der Waals surface area contributed by atoms with Gasteiger partial charge >= 0.3 is 0 Å². The number of aliphatic hydroxyl groups is 1. The third-order valence-electron chi connectivity index (χ3n) is 2.46. The largest absolute Gasteiger partial charge is 0.395 e. The number of nitrogens with zero attached hydrogens (tertiary/aromatic N) is 3. The van der Waals surface area contributed by atoms with Crippen molar-refractivity contribution < 1.29 is 9.90 Å². The van der Waals surface area contributed by atoms with Gasteiger partial charge in [0.1, 0.15) is 11.0 Å². The Kier molecular flexibility index (Phi) is 4.19. The summed E-state index contributed by atoms with van der Waals surface area (Å²) in [7, 11) is 1.78. The molecule has 0 fully saturated rings. The molecule has 2 aromatic rings. The molecule has 0 aliphatic rings. The van der Waals surface area contributed by atoms with Gasteiger partial charge in [-0.3, -0.25) is 9.69 Å². The number of nitrogens with one attached hydrogen (secondary N) is 1. The number of benzene rings is 1. The standard InChI is InChI=1S/C11H14N4O2S/c1-15(5-6-16)7-10(17)12-8-3-2-4-9-11(8)14-18-13-9/h2-4,16H,5-7H2,1H3,(H,12,17). The van der Waals surface area contributed by atoms with Crippen LogP contribution in [0.15, 0.2) is 18.2 Å². The quantitative estimate of drug-likeness (QED) is 0.826. The summed E-state index contributed by atoms with van der Waals surface area (Å²) in [6.07, 6.45) is 0. The molecule has 0 bridgehead atoms. The molecule has 0 saturated carbocycles. The van der Waals surface area contributed by atoms with E-state index >= 15 is 0 Å². The minimum Gasteiger partial charge on any atom is -0.395 e. The molecule has 6 nitrogen and oxygen atoms in total. The molecule has 1 aromatic heterocycles. The summed E-state index contributed by atoms with van der Waals surface area (Å²) in [5.74, 6) is -0.133. The van der Waals surface area contributed by atoms with Crippen molar-refractivity contribution in [1.82, 2.24) is 13.6 Å². The highest BCUT2D eigenvalue weighted by Crippen LogP contribution is 2.20. The zero-order valence-corrected chi connectivity index (χ0v) is 10.8. The molecule has 0 spiro atoms. The molecule has 18 heavy (non-hydrogen) atoms. The third-order valence-corrected chi connectivity index (χ3v) is 3.00. The molecular formula is C11H14N4O2S. The summed E-state index contributed by atoms with van der Waals surface area (Å²) in [6, 6.07) is 5.48. The third kappa shape index (κ3) is 3.00. The number of rotatable bonds is 5. The van der Waals surface area contributed by atoms with Gasteiger partial charge in [-0.2, -0.15) is 8.75 Å². The molecule has 7 heteroatoms. The zero-order chi connectivity index (χ0) is 13.0. The number of aliphatic hydroxyl groups excluding tert-OH is 1. The highest BCUT2D eigenvalue weighted by molar-refractivity contribution is 7.00. The van der Waals surface area contributed by atoms with Crippen LogP contribution in [0.2, 0.25) is 0 Å². The molecule has 0 radical (unpaired) electrons. The van der Waals surface area contributed by atoms with Crippen LogP contribution in [0.25, 0.3) is 11.0 Å². The first-order chi connectivity index (χ1) is 8.70. The fraction of sp³-hybridized carbons (Fsp3) is 0.364. The lowest BCUT2D eigenvalue weighted by atomic mass is 10.2. The van der Waals surface area contributed by atoms with Crippen molar-refractivity contribution in [2.45, 2.75) is 0 Å². The van der Waals surface area contributed by atoms with Gasteiger partial charge in [-0.05, 0) is 19.2 Å². The van der Waals surface area contributed by atoms with Crippen molar-refractivity contribution in [3.8, 4) is 0 Å². The van der Waals surface area contributed by atoms with Gasteiger partial charge in [0.25, 0.3) is 0 Å². The number of fused-ring (bicyclic) bond motifs is 1. The molecule has 0 aliphatic carbocycles. The lowest BCUT2D eigenvalue weighted by molar-refractivity contribution is -0.117. The second-order valence-electron chi connectivity index (χ2n) is 3.95. The first-order valence-electron chi connectivity index (χ1n) is 5.51. The summed E-state index contributed by atoms with van der Waals surface area (Å²) in [5.41, 5.74) is 2.16. The van der Waals surface area contributed by atoms with E-state index in [4.69, 9.17) is 5.11 Å². The van der Waals surface area contributed by atoms with Crippen LogP contribution in [0.1, 0.15) is 0 Å². The number of hydrogen-bond acceptors (Lipinski definition) is 6. The van der Waals surface area contributed by atoms with Crippen molar-refractivity contribution in [2.75, 3.05) is 32.1 Å². The van der Waals surface area contributed by atoms with Gasteiger partial charge in [-0.1, -0.05) is 6.07 Å². The highest BCUT2D eigenvalue weighted by atomic mass is 32.1. The second kappa shape index (κ2) is 5.85. The molecule has 1 aromatic carbocycles. The van der Waals surface area contributed by atoms with Gasteiger partial charge in [0.2, 0.25) is 5.91 Å². The second-order valence-corrected chi connectivity index (χ2v) is 4.48. The lowest BCUT2D eigenvalue weighted by Gasteiger charge is -2.14. The van der Waals surface area contributed by atoms with Gasteiger partial charge in [-0.15, -0.1) is 0 Å². The van der Waals surface area contributed by atoms with E-state index in [1.807, 2.05) is 12.1 Å². The van der Waals surface area contributed by atoms with Gasteiger partial charge in [0, 0.05) is 6.54 Å². The highest BCUT2D eigenvalue weighted by Gasteiger charge is 2.10. The van der Waals surface area contributed by atoms with E-state index in [0.29, 0.717) is 17.7 Å². The SMILES string of the molecule is CN(CCO)CC(=O)Nc1cccc2nsnc12. The Balaban J connectivity index is 2.05. The molecule has 96 valence electrons. The number of aromatic nitrogens is 2. The van der Waals surface area contributed by atoms with Crippen molar-refractivity contribution in [2.24, 2.45) is 0 Å². The zero-order valence-electron chi connectivity index (χ0n) is 9.96. The fourth-order valence-corrected chi connectivity index (χ4v) is 2.14. The smallest absolute Gasteiger partial charge is 0.238 e. The maximum Gasteiger partial charge on any atom is 0.238 e. The lowest BCUT2D eigenvalue weighted by Crippen LogP contribution is -2.32. The van der Waals surface area contributed by atoms with Gasteiger partial charge < -0.3 is 10.4 Å². The number of hydrogen-bond donors (Lipinski definition) is 2. The average Bonchev–Trinajstić information content (AvgIpc) is 2.78. The summed E-state index contributed by atoms with van der Waals surface area (Å²) in [5, 5.41) is 11.6. The van der Waals surface area contributed by atoms with Crippen LogP contribution < -0.4 is 5.32 Å². The number of carbonyl (C=O) groups is 1. The summed E-state index contributed by atoms with van der Waals surface area (Å²) >= 11 is 1.12. The van der Waals surface area contributed by atoms with Crippen LogP contribution >= 0.6 is 11.7 Å². The summed E-state index contributed by atoms with van der Waals surface area (Å²) in [4.78, 5) is 13.5. The molecule has 2 rings (SSSR count). The van der Waals surface area contributed by atoms with Crippen LogP contribution in [0.5, 0.6) is 0 Å². The number of carbonyl (C=O) groups excluding carboxylic acids is 1. The molecule has 0 aliphatic heterocycles. The van der Waals surface area contributed by atoms with Gasteiger partial charge in [0.05, 0.1) is 30.6 Å². The van der Waals surface area contributed by atoms with Crippen LogP contribution in [0, 0.1) is 0 Å². The van der Waals surface area contributed by atoms with Crippen molar-refractivity contribution in [1.29, 1.82) is 0 Å². The van der Waals surface area contributed by atoms with Crippen LogP contribution in [-0.4, -0.2) is 51.4 Å². The molecule has 2 N–H and O–H groups in total. The Morgan fingerprint density at radius 1 is 1.50 bits per heavy atom. The summed E-state index contributed by atoms with van der Waals surface area (Å²) in [6.45, 7) is 0.736. The molecule has 0 saturated heterocycles. The molecule has 1 heterocycles. The van der Waals surface area contributed by atoms with E-state index in [1.54, 1.807) is 18.0 Å². The topological polar surface area (TPSA) is 78.4 Å². The normalized spacial score (nSPS) is 11.1. The molecule has 0 atom stereocenters. The Hall–Kier alpha value is -1.57. The molecule has 0 unspecified atom stereocenters. The molecule has 1 amide bonds. The predicted octanol–water partition coefficient (Wildman–Crippen LogP) is 0.554. The number of amides is 1. The average molecular weight is 266 g/mol. The van der Waals surface area contributed by atoms with Crippen LogP contribution in [-0.2, 0) is 4.79 Å². The van der Waals surface area contributed by atoms with E-state index in [-0.39, 0.29) is 19.1 Å². The monoisotopic (exact) mass is 266 g/mol. The Morgan fingerprint density at radius 2 is 2.33 bits per heavy atom. The van der Waals surface area contributed by atoms with E-state index in [1.165, 1.54) is 0 Å². The predicted molar refractivity (Wildman–Crippen MR) is 70.6 cm³/mol. The van der Waals surface area contributed by atoms with Gasteiger partial charge in [-0.25, -0.2) is 0 Å². The first-order valence-corrected chi connectivity index (χ1v) is 6.24. The number of anilines is 1. The maximum absolute atomic E-state index is 11.8. The Bertz CT molecular complexity index is 543. The van der Waals surface area contributed by atoms with Gasteiger partial charge in [0.15, 0.2) is 0 Å². The van der Waals surface area contributed by atoms with Crippen LogP contribution in [0.3, 0.4) is 0 Å². The number of likely N-dealkylation sites (N-methyl/N-ethyl adjacent to an activating group) is 1. The maximum atomic E-state index is 11.8. The van der Waals surface area contributed by atoms with Crippen molar-refractivity contribution in [3.05, 3.63) is 18.2 Å². The minimum absolute atomic E-state index is 0.0371. The van der Waals surface area contributed by atoms with E-state index < -0.39 is 0 Å². The van der Waals surface area contributed by atoms with Crippen molar-refractivity contribution in [3.63, 3.8) is 0 Å². The minimum atomic E-state index is -0.133. The van der Waals surface area contributed by atoms with E-state index in [2.05, 4.69) is 14.1 Å². The van der Waals surface area contributed by atoms with Crippen LogP contribution in [0.4, 0.5) is 5.69 Å². The summed E-state index contributed by atoms with van der Waals surface area (Å²) < 4.78 is 8.26. The first kappa shape index (κ1) is 12.9. The van der Waals surface area contributed by atoms with Crippen molar-refractivity contribution >= 4 is 34.4 Å². The van der Waals surface area contributed by atoms with E-state index in [9.17, 15) is 4.79 Å².